The third-order valence-corrected chi connectivity index (χ3v) is 2.59. The van der Waals surface area contributed by atoms with Crippen molar-refractivity contribution >= 4 is 19.9 Å². The van der Waals surface area contributed by atoms with Gasteiger partial charge in [-0.15, -0.1) is 0 Å². The second-order valence-corrected chi connectivity index (χ2v) is 9.20. The van der Waals surface area contributed by atoms with Gasteiger partial charge in [-0.25, -0.2) is 0 Å². The summed E-state index contributed by atoms with van der Waals surface area (Å²) in [4.78, 5) is 0. The molecule has 0 radical (unpaired) electrons. The Kier molecular flexibility index (Phi) is 2.55. The van der Waals surface area contributed by atoms with Crippen LogP contribution in [0.25, 0.3) is 0 Å². The van der Waals surface area contributed by atoms with Gasteiger partial charge >= 0.3 is 0 Å². The zero-order chi connectivity index (χ0) is 5.91. The van der Waals surface area contributed by atoms with E-state index in [4.69, 9.17) is 5.26 Å². The summed E-state index contributed by atoms with van der Waals surface area (Å²) in [5, 5.41) is 10.2. The molecular weight excluding hydrogens is 126 g/mol. The highest BCUT2D eigenvalue weighted by atomic mass is 33.2. The molecule has 0 bridgehead atoms. The van der Waals surface area contributed by atoms with Crippen molar-refractivity contribution in [2.75, 3.05) is 18.8 Å². The van der Waals surface area contributed by atoms with Crippen molar-refractivity contribution in [2.24, 2.45) is 0 Å². The first-order chi connectivity index (χ1) is 3.06. The molecule has 0 aliphatic carbocycles. The van der Waals surface area contributed by atoms with Crippen LogP contribution in [0.3, 0.4) is 0 Å². The Morgan fingerprint density at radius 2 is 1.86 bits per heavy atom. The normalized spacial score (nSPS) is 12.9. The minimum atomic E-state index is -0.619. The third kappa shape index (κ3) is 6.19. The van der Waals surface area contributed by atoms with E-state index >= 15 is 0 Å². The molecule has 0 aromatic carbocycles. The summed E-state index contributed by atoms with van der Waals surface area (Å²) in [6.07, 6.45) is 6.29. The van der Waals surface area contributed by atoms with E-state index in [0.29, 0.717) is 0 Å². The van der Waals surface area contributed by atoms with Crippen molar-refractivity contribution < 1.29 is 0 Å². The number of thiocyanates is 1. The van der Waals surface area contributed by atoms with Crippen LogP contribution in [0.4, 0.5) is 0 Å². The van der Waals surface area contributed by atoms with E-state index in [1.807, 2.05) is 0 Å². The van der Waals surface area contributed by atoms with E-state index in [1.54, 1.807) is 0 Å². The van der Waals surface area contributed by atoms with Crippen LogP contribution in [0.5, 0.6) is 0 Å². The summed E-state index contributed by atoms with van der Waals surface area (Å²) in [5.41, 5.74) is 0. The highest BCUT2D eigenvalue weighted by molar-refractivity contribution is 8.94. The smallest absolute Gasteiger partial charge is 0.143 e. The van der Waals surface area contributed by atoms with Gasteiger partial charge in [0.25, 0.3) is 0 Å². The summed E-state index contributed by atoms with van der Waals surface area (Å²) in [7, 11) is 0.759. The second kappa shape index (κ2) is 2.49. The number of hydrogen-bond donors (Lipinski definition) is 0. The highest BCUT2D eigenvalue weighted by Gasteiger charge is 2.00. The molecule has 0 spiro atoms. The van der Waals surface area contributed by atoms with Crippen LogP contribution in [-0.2, 0) is 0 Å². The van der Waals surface area contributed by atoms with Crippen LogP contribution in [-0.4, -0.2) is 18.8 Å². The SMILES string of the molecule is CS(C)(C)SC#N. The Balaban J connectivity index is 3.40. The fraction of sp³-hybridized carbons (Fsp3) is 0.750. The van der Waals surface area contributed by atoms with Crippen LogP contribution in [0.2, 0.25) is 0 Å². The molecule has 0 aromatic heterocycles. The number of hydrogen-bond acceptors (Lipinski definition) is 2. The Labute approximate surface area is 49.8 Å². The first-order valence-corrected chi connectivity index (χ1v) is 6.01. The van der Waals surface area contributed by atoms with Crippen LogP contribution in [0, 0.1) is 10.7 Å². The standard InChI is InChI=1S/C4H9NS2/c1-7(2,3)6-4-5/h1-3H3. The Morgan fingerprint density at radius 3 is 1.86 bits per heavy atom. The molecule has 0 heterocycles. The van der Waals surface area contributed by atoms with Gasteiger partial charge < -0.3 is 0 Å². The van der Waals surface area contributed by atoms with Crippen molar-refractivity contribution in [1.29, 1.82) is 5.26 Å². The fourth-order valence-electron chi connectivity index (χ4n) is 0.112. The lowest BCUT2D eigenvalue weighted by atomic mass is 11.8. The zero-order valence-electron chi connectivity index (χ0n) is 4.76. The van der Waals surface area contributed by atoms with Gasteiger partial charge in [-0.2, -0.15) is 14.3 Å². The summed E-state index contributed by atoms with van der Waals surface area (Å²) >= 11 is 0. The molecule has 3 heteroatoms. The van der Waals surface area contributed by atoms with E-state index < -0.39 is 9.06 Å². The second-order valence-electron chi connectivity index (χ2n) is 1.90. The molecule has 0 aliphatic heterocycles. The van der Waals surface area contributed by atoms with E-state index in [0.717, 1.165) is 0 Å². The molecule has 0 fully saturated rings. The topological polar surface area (TPSA) is 23.8 Å². The predicted molar refractivity (Wildman–Crippen MR) is 38.6 cm³/mol. The van der Waals surface area contributed by atoms with Crippen LogP contribution >= 0.6 is 19.9 Å². The molecule has 0 saturated heterocycles. The lowest BCUT2D eigenvalue weighted by Crippen LogP contribution is -1.79. The van der Waals surface area contributed by atoms with Gasteiger partial charge in [0.2, 0.25) is 0 Å². The van der Waals surface area contributed by atoms with E-state index in [-0.39, 0.29) is 0 Å². The predicted octanol–water partition coefficient (Wildman–Crippen LogP) is 1.81. The minimum Gasteiger partial charge on any atom is -0.188 e. The van der Waals surface area contributed by atoms with Crippen molar-refractivity contribution in [3.63, 3.8) is 0 Å². The molecule has 0 saturated carbocycles. The summed E-state index contributed by atoms with van der Waals surface area (Å²) in [6.45, 7) is 0. The molecule has 7 heavy (non-hydrogen) atoms. The Morgan fingerprint density at radius 1 is 1.43 bits per heavy atom. The van der Waals surface area contributed by atoms with Crippen molar-refractivity contribution in [2.45, 2.75) is 0 Å². The maximum absolute atomic E-state index is 8.14. The van der Waals surface area contributed by atoms with Crippen molar-refractivity contribution in [3.8, 4) is 5.40 Å². The molecule has 0 atom stereocenters. The third-order valence-electron chi connectivity index (χ3n) is 0.287. The average Bonchev–Trinajstić information content (AvgIpc) is 1.30. The van der Waals surface area contributed by atoms with Crippen molar-refractivity contribution in [1.82, 2.24) is 0 Å². The molecular formula is C4H9NS2. The molecule has 0 amide bonds. The number of rotatable bonds is 1. The van der Waals surface area contributed by atoms with Gasteiger partial charge in [-0.05, 0) is 18.8 Å². The monoisotopic (exact) mass is 135 g/mol. The minimum absolute atomic E-state index is 0.619. The molecule has 1 nitrogen and oxygen atoms in total. The molecule has 0 N–H and O–H groups in total. The van der Waals surface area contributed by atoms with Crippen LogP contribution < -0.4 is 0 Å². The zero-order valence-corrected chi connectivity index (χ0v) is 6.40. The first-order valence-electron chi connectivity index (χ1n) is 1.82. The number of nitrogens with zero attached hydrogens (tertiary/aromatic N) is 1. The molecule has 0 aromatic rings. The van der Waals surface area contributed by atoms with Gasteiger partial charge in [0.05, 0.1) is 0 Å². The maximum Gasteiger partial charge on any atom is 0.143 e. The Hall–Kier alpha value is 0.190. The lowest BCUT2D eigenvalue weighted by Gasteiger charge is -2.17. The first kappa shape index (κ1) is 7.19. The average molecular weight is 135 g/mol. The fourth-order valence-corrected chi connectivity index (χ4v) is 1.01. The van der Waals surface area contributed by atoms with E-state index in [1.165, 1.54) is 10.8 Å². The van der Waals surface area contributed by atoms with Gasteiger partial charge in [-0.3, -0.25) is 0 Å². The molecule has 0 rings (SSSR count). The Bertz CT molecular complexity index is 86.8. The number of nitriles is 1. The molecule has 42 valence electrons. The van der Waals surface area contributed by atoms with E-state index in [9.17, 15) is 0 Å². The highest BCUT2D eigenvalue weighted by Crippen LogP contribution is 2.48. The molecule has 0 unspecified atom stereocenters. The summed E-state index contributed by atoms with van der Waals surface area (Å²) < 4.78 is 0. The van der Waals surface area contributed by atoms with E-state index in [2.05, 4.69) is 24.2 Å². The lowest BCUT2D eigenvalue weighted by molar-refractivity contribution is 1.57. The largest absolute Gasteiger partial charge is 0.188 e. The maximum atomic E-state index is 8.14. The summed E-state index contributed by atoms with van der Waals surface area (Å²) in [5.74, 6) is 0. The van der Waals surface area contributed by atoms with Gasteiger partial charge in [0.15, 0.2) is 0 Å². The van der Waals surface area contributed by atoms with Crippen LogP contribution in [0.1, 0.15) is 0 Å². The van der Waals surface area contributed by atoms with Gasteiger partial charge in [0, 0.05) is 10.8 Å². The van der Waals surface area contributed by atoms with Crippen LogP contribution in [0.15, 0.2) is 0 Å². The molecule has 0 aliphatic rings. The quantitative estimate of drug-likeness (QED) is 0.404. The van der Waals surface area contributed by atoms with Gasteiger partial charge in [0.1, 0.15) is 5.40 Å². The van der Waals surface area contributed by atoms with Crippen molar-refractivity contribution in [3.05, 3.63) is 0 Å². The van der Waals surface area contributed by atoms with Gasteiger partial charge in [-0.1, -0.05) is 0 Å². The summed E-state index contributed by atoms with van der Waals surface area (Å²) in [6, 6.07) is 0.